The smallest absolute Gasteiger partial charge is 0.263 e. The Balaban J connectivity index is 1.24. The van der Waals surface area contributed by atoms with Crippen LogP contribution in [-0.2, 0) is 0 Å². The van der Waals surface area contributed by atoms with Crippen LogP contribution in [0.1, 0.15) is 47.0 Å². The van der Waals surface area contributed by atoms with Crippen molar-refractivity contribution in [3.8, 4) is 5.88 Å². The summed E-state index contributed by atoms with van der Waals surface area (Å²) in [4.78, 5) is 15.2. The fourth-order valence-corrected chi connectivity index (χ4v) is 4.45. The molecule has 2 aliphatic rings. The van der Waals surface area contributed by atoms with Gasteiger partial charge in [-0.3, -0.25) is 4.79 Å². The van der Waals surface area contributed by atoms with E-state index in [9.17, 15) is 4.79 Å². The first-order valence-electron chi connectivity index (χ1n) is 8.70. The normalized spacial score (nSPS) is 18.4. The van der Waals surface area contributed by atoms with E-state index in [1.807, 2.05) is 29.2 Å². The van der Waals surface area contributed by atoms with Gasteiger partial charge in [-0.15, -0.1) is 16.4 Å². The summed E-state index contributed by atoms with van der Waals surface area (Å²) in [7, 11) is 0. The maximum atomic E-state index is 12.5. The Hall–Kier alpha value is -1.47. The summed E-state index contributed by atoms with van der Waals surface area (Å²) in [6.45, 7) is 2.22. The average molecular weight is 422 g/mol. The van der Waals surface area contributed by atoms with Gasteiger partial charge in [-0.05, 0) is 65.7 Å². The monoisotopic (exact) mass is 421 g/mol. The Bertz CT molecular complexity index is 737. The molecule has 1 amide bonds. The van der Waals surface area contributed by atoms with Crippen LogP contribution in [-0.4, -0.2) is 40.7 Å². The standard InChI is InChI=1S/C18H20BrN3O2S/c19-16-5-4-15(25-16)18(23)22-9-7-12(8-10-22)11-24-17-6-3-14(20-21-17)13-1-2-13/h3-6,12-13H,1-2,7-11H2. The van der Waals surface area contributed by atoms with Crippen molar-refractivity contribution in [2.24, 2.45) is 5.92 Å². The van der Waals surface area contributed by atoms with Crippen LogP contribution in [0.3, 0.4) is 0 Å². The van der Waals surface area contributed by atoms with Crippen molar-refractivity contribution in [2.45, 2.75) is 31.6 Å². The summed E-state index contributed by atoms with van der Waals surface area (Å²) in [6, 6.07) is 7.76. The van der Waals surface area contributed by atoms with Gasteiger partial charge in [0.1, 0.15) is 0 Å². The summed E-state index contributed by atoms with van der Waals surface area (Å²) < 4.78 is 6.80. The van der Waals surface area contributed by atoms with Crippen molar-refractivity contribution < 1.29 is 9.53 Å². The molecule has 3 heterocycles. The molecule has 0 spiro atoms. The van der Waals surface area contributed by atoms with Crippen molar-refractivity contribution in [2.75, 3.05) is 19.7 Å². The Labute approximate surface area is 159 Å². The van der Waals surface area contributed by atoms with Gasteiger partial charge in [0.25, 0.3) is 5.91 Å². The van der Waals surface area contributed by atoms with Gasteiger partial charge >= 0.3 is 0 Å². The van der Waals surface area contributed by atoms with Crippen LogP contribution in [0.5, 0.6) is 5.88 Å². The Morgan fingerprint density at radius 1 is 1.16 bits per heavy atom. The van der Waals surface area contributed by atoms with Gasteiger partial charge in [-0.1, -0.05) is 0 Å². The van der Waals surface area contributed by atoms with Crippen LogP contribution >= 0.6 is 27.3 Å². The number of hydrogen-bond donors (Lipinski definition) is 0. The van der Waals surface area contributed by atoms with Gasteiger partial charge in [-0.25, -0.2) is 0 Å². The number of carbonyl (C=O) groups excluding carboxylic acids is 1. The summed E-state index contributed by atoms with van der Waals surface area (Å²) >= 11 is 4.90. The first kappa shape index (κ1) is 17.0. The van der Waals surface area contributed by atoms with Crippen LogP contribution in [0.4, 0.5) is 0 Å². The molecule has 4 rings (SSSR count). The number of piperidine rings is 1. The molecule has 25 heavy (non-hydrogen) atoms. The lowest BCUT2D eigenvalue weighted by Crippen LogP contribution is -2.39. The highest BCUT2D eigenvalue weighted by atomic mass is 79.9. The molecule has 0 radical (unpaired) electrons. The molecule has 0 atom stereocenters. The molecular weight excluding hydrogens is 402 g/mol. The van der Waals surface area contributed by atoms with Gasteiger partial charge < -0.3 is 9.64 Å². The van der Waals surface area contributed by atoms with E-state index >= 15 is 0 Å². The zero-order chi connectivity index (χ0) is 17.2. The summed E-state index contributed by atoms with van der Waals surface area (Å²) in [5, 5.41) is 8.41. The predicted octanol–water partition coefficient (Wildman–Crippen LogP) is 4.11. The van der Waals surface area contributed by atoms with Gasteiger partial charge in [0.15, 0.2) is 0 Å². The first-order valence-corrected chi connectivity index (χ1v) is 10.3. The number of thiophene rings is 1. The molecular formula is C18H20BrN3O2S. The lowest BCUT2D eigenvalue weighted by atomic mass is 9.98. The SMILES string of the molecule is O=C(c1ccc(Br)s1)N1CCC(COc2ccc(C3CC3)nn2)CC1. The van der Waals surface area contributed by atoms with Crippen LogP contribution < -0.4 is 4.74 Å². The molecule has 2 aromatic heterocycles. The predicted molar refractivity (Wildman–Crippen MR) is 100 cm³/mol. The first-order chi connectivity index (χ1) is 12.2. The van der Waals surface area contributed by atoms with E-state index in [1.54, 1.807) is 0 Å². The van der Waals surface area contributed by atoms with Crippen molar-refractivity contribution in [1.29, 1.82) is 0 Å². The zero-order valence-corrected chi connectivity index (χ0v) is 16.3. The number of nitrogens with zero attached hydrogens (tertiary/aromatic N) is 3. The molecule has 0 unspecified atom stereocenters. The van der Waals surface area contributed by atoms with Crippen molar-refractivity contribution in [3.63, 3.8) is 0 Å². The quantitative estimate of drug-likeness (QED) is 0.728. The van der Waals surface area contributed by atoms with E-state index in [4.69, 9.17) is 4.74 Å². The van der Waals surface area contributed by atoms with Crippen molar-refractivity contribution in [3.05, 3.63) is 38.6 Å². The van der Waals surface area contributed by atoms with E-state index < -0.39 is 0 Å². The van der Waals surface area contributed by atoms with E-state index in [-0.39, 0.29) is 5.91 Å². The molecule has 0 bridgehead atoms. The number of halogens is 1. The van der Waals surface area contributed by atoms with Crippen LogP contribution in [0.25, 0.3) is 0 Å². The summed E-state index contributed by atoms with van der Waals surface area (Å²) in [5.41, 5.74) is 1.08. The van der Waals surface area contributed by atoms with E-state index in [2.05, 4.69) is 26.1 Å². The third-order valence-corrected chi connectivity index (χ3v) is 6.42. The Kier molecular flexibility index (Phi) is 5.03. The number of likely N-dealkylation sites (tertiary alicyclic amines) is 1. The third kappa shape index (κ3) is 4.20. The van der Waals surface area contributed by atoms with Gasteiger partial charge in [0, 0.05) is 25.1 Å². The Morgan fingerprint density at radius 2 is 1.96 bits per heavy atom. The lowest BCUT2D eigenvalue weighted by Gasteiger charge is -2.31. The van der Waals surface area contributed by atoms with E-state index in [0.717, 1.165) is 40.3 Å². The second-order valence-electron chi connectivity index (χ2n) is 6.72. The molecule has 7 heteroatoms. The van der Waals surface area contributed by atoms with Crippen LogP contribution in [0.15, 0.2) is 28.1 Å². The second-order valence-corrected chi connectivity index (χ2v) is 9.18. The van der Waals surface area contributed by atoms with Gasteiger partial charge in [0.2, 0.25) is 5.88 Å². The number of carbonyl (C=O) groups is 1. The maximum Gasteiger partial charge on any atom is 0.263 e. The zero-order valence-electron chi connectivity index (χ0n) is 13.9. The highest BCUT2D eigenvalue weighted by Crippen LogP contribution is 2.38. The molecule has 5 nitrogen and oxygen atoms in total. The molecule has 2 aromatic rings. The van der Waals surface area contributed by atoms with E-state index in [0.29, 0.717) is 24.3 Å². The summed E-state index contributed by atoms with van der Waals surface area (Å²) in [6.07, 6.45) is 4.39. The lowest BCUT2D eigenvalue weighted by molar-refractivity contribution is 0.0664. The minimum absolute atomic E-state index is 0.136. The Morgan fingerprint density at radius 3 is 2.56 bits per heavy atom. The maximum absolute atomic E-state index is 12.5. The summed E-state index contributed by atoms with van der Waals surface area (Å²) in [5.74, 6) is 1.82. The largest absolute Gasteiger partial charge is 0.476 e. The number of ether oxygens (including phenoxy) is 1. The molecule has 1 aliphatic heterocycles. The fraction of sp³-hybridized carbons (Fsp3) is 0.500. The van der Waals surface area contributed by atoms with Gasteiger partial charge in [-0.2, -0.15) is 5.10 Å². The minimum atomic E-state index is 0.136. The molecule has 132 valence electrons. The molecule has 1 saturated carbocycles. The third-order valence-electron chi connectivity index (χ3n) is 4.81. The molecule has 1 aliphatic carbocycles. The van der Waals surface area contributed by atoms with Gasteiger partial charge in [0.05, 0.1) is 21.0 Å². The highest BCUT2D eigenvalue weighted by Gasteiger charge is 2.26. The average Bonchev–Trinajstić information content (AvgIpc) is 3.41. The molecule has 0 N–H and O–H groups in total. The topological polar surface area (TPSA) is 55.3 Å². The second kappa shape index (κ2) is 7.41. The number of aromatic nitrogens is 2. The van der Waals surface area contributed by atoms with Crippen molar-refractivity contribution >= 4 is 33.2 Å². The number of amides is 1. The number of hydrogen-bond acceptors (Lipinski definition) is 5. The minimum Gasteiger partial charge on any atom is -0.476 e. The molecule has 0 aromatic carbocycles. The van der Waals surface area contributed by atoms with Crippen LogP contribution in [0, 0.1) is 5.92 Å². The molecule has 2 fully saturated rings. The van der Waals surface area contributed by atoms with Crippen molar-refractivity contribution in [1.82, 2.24) is 15.1 Å². The molecule has 1 saturated heterocycles. The van der Waals surface area contributed by atoms with Crippen LogP contribution in [0.2, 0.25) is 0 Å². The fourth-order valence-electron chi connectivity index (χ4n) is 3.10. The number of rotatable bonds is 5. The highest BCUT2D eigenvalue weighted by molar-refractivity contribution is 9.11. The van der Waals surface area contributed by atoms with E-state index in [1.165, 1.54) is 24.2 Å².